The Kier molecular flexibility index (Phi) is 6.19. The topological polar surface area (TPSA) is 120 Å². The third-order valence-corrected chi connectivity index (χ3v) is 3.80. The molecule has 142 valence electrons. The smallest absolute Gasteiger partial charge is 0.301 e. The van der Waals surface area contributed by atoms with Crippen LogP contribution in [0.4, 0.5) is 17.1 Å². The van der Waals surface area contributed by atoms with E-state index in [0.29, 0.717) is 12.3 Å². The maximum atomic E-state index is 11.3. The fourth-order valence-electron chi connectivity index (χ4n) is 2.57. The molecule has 0 aliphatic carbocycles. The molecule has 0 aromatic heterocycles. The van der Waals surface area contributed by atoms with Gasteiger partial charge >= 0.3 is 5.69 Å². The molecule has 9 heteroatoms. The van der Waals surface area contributed by atoms with E-state index in [1.54, 1.807) is 0 Å². The minimum Gasteiger partial charge on any atom is -0.369 e. The molecular weight excluding hydrogens is 352 g/mol. The van der Waals surface area contributed by atoms with Crippen LogP contribution < -0.4 is 5.43 Å². The number of hydrogen-bond donors (Lipinski definition) is 1. The molecule has 0 saturated carbocycles. The van der Waals surface area contributed by atoms with E-state index >= 15 is 0 Å². The predicted octanol–water partition coefficient (Wildman–Crippen LogP) is 4.13. The lowest BCUT2D eigenvalue weighted by atomic mass is 9.95. The van der Waals surface area contributed by atoms with Crippen LogP contribution in [0.5, 0.6) is 0 Å². The zero-order valence-electron chi connectivity index (χ0n) is 15.2. The highest BCUT2D eigenvalue weighted by Crippen LogP contribution is 2.29. The first-order chi connectivity index (χ1) is 12.8. The van der Waals surface area contributed by atoms with Gasteiger partial charge in [-0.15, -0.1) is 0 Å². The maximum absolute atomic E-state index is 11.3. The van der Waals surface area contributed by atoms with E-state index < -0.39 is 21.1 Å². The van der Waals surface area contributed by atoms with Crippen molar-refractivity contribution in [1.29, 1.82) is 0 Å². The molecule has 27 heavy (non-hydrogen) atoms. The summed E-state index contributed by atoms with van der Waals surface area (Å²) >= 11 is 0. The summed E-state index contributed by atoms with van der Waals surface area (Å²) in [5.41, 5.74) is 2.47. The van der Waals surface area contributed by atoms with E-state index in [9.17, 15) is 20.2 Å². The molecule has 0 bridgehead atoms. The monoisotopic (exact) mass is 372 g/mol. The van der Waals surface area contributed by atoms with E-state index in [-0.39, 0.29) is 11.4 Å². The Morgan fingerprint density at radius 1 is 1.11 bits per heavy atom. The van der Waals surface area contributed by atoms with Crippen molar-refractivity contribution in [3.63, 3.8) is 0 Å². The van der Waals surface area contributed by atoms with Gasteiger partial charge < -0.3 is 4.74 Å². The molecule has 0 heterocycles. The van der Waals surface area contributed by atoms with Crippen molar-refractivity contribution in [2.24, 2.45) is 5.10 Å². The number of rotatable bonds is 8. The highest BCUT2D eigenvalue weighted by Gasteiger charge is 2.28. The number of hydrazone groups is 1. The molecule has 2 aromatic carbocycles. The number of hydrogen-bond acceptors (Lipinski definition) is 7. The second-order valence-electron chi connectivity index (χ2n) is 6.10. The van der Waals surface area contributed by atoms with Gasteiger partial charge in [0.2, 0.25) is 0 Å². The Morgan fingerprint density at radius 3 is 2.33 bits per heavy atom. The number of nitrogens with zero attached hydrogens (tertiary/aromatic N) is 3. The predicted molar refractivity (Wildman–Crippen MR) is 102 cm³/mol. The van der Waals surface area contributed by atoms with Crippen LogP contribution in [0.1, 0.15) is 26.3 Å². The van der Waals surface area contributed by atoms with Crippen molar-refractivity contribution in [3.8, 4) is 0 Å². The van der Waals surface area contributed by atoms with Gasteiger partial charge in [0.1, 0.15) is 11.3 Å². The van der Waals surface area contributed by atoms with Crippen LogP contribution in [-0.4, -0.2) is 27.8 Å². The molecule has 1 N–H and O–H groups in total. The zero-order valence-corrected chi connectivity index (χ0v) is 15.2. The molecule has 0 fully saturated rings. The third-order valence-electron chi connectivity index (χ3n) is 3.80. The summed E-state index contributed by atoms with van der Waals surface area (Å²) in [5, 5.41) is 26.5. The van der Waals surface area contributed by atoms with E-state index in [2.05, 4.69) is 10.5 Å². The quantitative estimate of drug-likeness (QED) is 0.422. The zero-order chi connectivity index (χ0) is 20.0. The second kappa shape index (κ2) is 8.37. The molecule has 0 aliphatic heterocycles. The van der Waals surface area contributed by atoms with E-state index in [1.807, 2.05) is 51.1 Å². The van der Waals surface area contributed by atoms with Gasteiger partial charge in [0.25, 0.3) is 5.69 Å². The van der Waals surface area contributed by atoms with Crippen LogP contribution in [0.3, 0.4) is 0 Å². The molecule has 0 amide bonds. The summed E-state index contributed by atoms with van der Waals surface area (Å²) in [5.74, 6) is 0. The first-order valence-corrected chi connectivity index (χ1v) is 8.22. The van der Waals surface area contributed by atoms with Crippen LogP contribution in [0, 0.1) is 20.2 Å². The normalized spacial score (nSPS) is 11.9. The van der Waals surface area contributed by atoms with E-state index in [1.165, 1.54) is 12.1 Å². The lowest BCUT2D eigenvalue weighted by Gasteiger charge is -2.27. The first-order valence-electron chi connectivity index (χ1n) is 8.22. The number of nitro benzene ring substituents is 2. The summed E-state index contributed by atoms with van der Waals surface area (Å²) in [6, 6.07) is 12.6. The minimum absolute atomic E-state index is 0.0475. The summed E-state index contributed by atoms with van der Waals surface area (Å²) in [4.78, 5) is 20.8. The van der Waals surface area contributed by atoms with Gasteiger partial charge in [-0.05, 0) is 26.8 Å². The van der Waals surface area contributed by atoms with Crippen molar-refractivity contribution >= 4 is 22.8 Å². The molecule has 0 saturated heterocycles. The summed E-state index contributed by atoms with van der Waals surface area (Å²) < 4.78 is 5.77. The number of nitro groups is 2. The minimum atomic E-state index is -0.765. The first kappa shape index (κ1) is 20.0. The Bertz CT molecular complexity index is 865. The maximum Gasteiger partial charge on any atom is 0.301 e. The van der Waals surface area contributed by atoms with Gasteiger partial charge in [-0.1, -0.05) is 30.3 Å². The number of benzene rings is 2. The molecular formula is C18H20N4O5. The molecule has 2 aromatic rings. The van der Waals surface area contributed by atoms with E-state index in [0.717, 1.165) is 11.6 Å². The van der Waals surface area contributed by atoms with Crippen molar-refractivity contribution in [2.45, 2.75) is 26.4 Å². The van der Waals surface area contributed by atoms with Crippen LogP contribution in [0.15, 0.2) is 53.6 Å². The fourth-order valence-corrected chi connectivity index (χ4v) is 2.57. The number of non-ortho nitro benzene ring substituents is 1. The Hall–Kier alpha value is -3.33. The summed E-state index contributed by atoms with van der Waals surface area (Å²) in [7, 11) is 0. The molecule has 9 nitrogen and oxygen atoms in total. The average Bonchev–Trinajstić information content (AvgIpc) is 2.62. The number of anilines is 1. The van der Waals surface area contributed by atoms with Crippen molar-refractivity contribution in [1.82, 2.24) is 0 Å². The highest BCUT2D eigenvalue weighted by atomic mass is 16.6. The van der Waals surface area contributed by atoms with Crippen molar-refractivity contribution < 1.29 is 14.6 Å². The molecule has 2 rings (SSSR count). The Labute approximate surface area is 156 Å². The number of nitrogens with one attached hydrogen (secondary N) is 1. The summed E-state index contributed by atoms with van der Waals surface area (Å²) in [6.07, 6.45) is 0. The molecule has 0 spiro atoms. The third kappa shape index (κ3) is 4.85. The summed E-state index contributed by atoms with van der Waals surface area (Å²) in [6.45, 7) is 6.00. The van der Waals surface area contributed by atoms with Crippen LogP contribution in [0.2, 0.25) is 0 Å². The van der Waals surface area contributed by atoms with Gasteiger partial charge in [0.05, 0.1) is 21.6 Å². The highest BCUT2D eigenvalue weighted by molar-refractivity contribution is 6.06. The van der Waals surface area contributed by atoms with Gasteiger partial charge in [0.15, 0.2) is 0 Å². The van der Waals surface area contributed by atoms with Crippen LogP contribution in [-0.2, 0) is 4.74 Å². The van der Waals surface area contributed by atoms with Gasteiger partial charge in [0, 0.05) is 18.2 Å². The fraction of sp³-hybridized carbons (Fsp3) is 0.278. The van der Waals surface area contributed by atoms with Gasteiger partial charge in [-0.25, -0.2) is 0 Å². The Balaban J connectivity index is 2.47. The molecule has 0 radical (unpaired) electrons. The lowest BCUT2D eigenvalue weighted by molar-refractivity contribution is -0.393. The van der Waals surface area contributed by atoms with Crippen LogP contribution >= 0.6 is 0 Å². The molecule has 0 unspecified atom stereocenters. The van der Waals surface area contributed by atoms with Crippen molar-refractivity contribution in [2.75, 3.05) is 12.0 Å². The van der Waals surface area contributed by atoms with Crippen molar-refractivity contribution in [3.05, 3.63) is 74.3 Å². The average molecular weight is 372 g/mol. The van der Waals surface area contributed by atoms with Gasteiger partial charge in [-0.3, -0.25) is 25.7 Å². The van der Waals surface area contributed by atoms with Gasteiger partial charge in [-0.2, -0.15) is 5.10 Å². The molecule has 0 atom stereocenters. The SMILES string of the molecule is CCOC(C)(C)/C(=N\Nc1ccc([N+](=O)[O-])cc1[N+](=O)[O-])c1ccccc1. The van der Waals surface area contributed by atoms with Crippen LogP contribution in [0.25, 0.3) is 0 Å². The Morgan fingerprint density at radius 2 is 1.78 bits per heavy atom. The number of ether oxygens (including phenoxy) is 1. The lowest BCUT2D eigenvalue weighted by Crippen LogP contribution is -2.36. The van der Waals surface area contributed by atoms with E-state index in [4.69, 9.17) is 4.74 Å². The largest absolute Gasteiger partial charge is 0.369 e. The second-order valence-corrected chi connectivity index (χ2v) is 6.10. The standard InChI is InChI=1S/C18H20N4O5/c1-4-27-18(2,3)17(13-8-6-5-7-9-13)20-19-15-11-10-14(21(23)24)12-16(15)22(25)26/h5-12,19H,4H2,1-3H3/b20-17-. The molecule has 0 aliphatic rings.